The predicted molar refractivity (Wildman–Crippen MR) is 127 cm³/mol. The lowest BCUT2D eigenvalue weighted by Crippen LogP contribution is -2.07. The number of para-hydroxylation sites is 2. The SMILES string of the molecule is CC(=O)Nc1ccccc1-c1nc2c(C)cccc2cc1CSc1ncnc2nc[nH]c12. The largest absolute Gasteiger partial charge is 0.341 e. The van der Waals surface area contributed by atoms with Crippen molar-refractivity contribution < 1.29 is 4.79 Å². The number of anilines is 1. The first-order valence-corrected chi connectivity index (χ1v) is 11.1. The van der Waals surface area contributed by atoms with Gasteiger partial charge in [-0.1, -0.05) is 48.2 Å². The van der Waals surface area contributed by atoms with E-state index in [0.29, 0.717) is 11.4 Å². The molecule has 158 valence electrons. The van der Waals surface area contributed by atoms with Gasteiger partial charge in [0, 0.05) is 23.6 Å². The van der Waals surface area contributed by atoms with Gasteiger partial charge >= 0.3 is 0 Å². The van der Waals surface area contributed by atoms with Crippen molar-refractivity contribution in [3.8, 4) is 11.3 Å². The van der Waals surface area contributed by atoms with Crippen LogP contribution in [0, 0.1) is 6.92 Å². The summed E-state index contributed by atoms with van der Waals surface area (Å²) >= 11 is 1.60. The summed E-state index contributed by atoms with van der Waals surface area (Å²) in [7, 11) is 0. The van der Waals surface area contributed by atoms with Crippen LogP contribution >= 0.6 is 11.8 Å². The van der Waals surface area contributed by atoms with E-state index in [-0.39, 0.29) is 5.91 Å². The molecule has 0 aliphatic heterocycles. The van der Waals surface area contributed by atoms with E-state index in [9.17, 15) is 4.79 Å². The van der Waals surface area contributed by atoms with Crippen LogP contribution in [0.2, 0.25) is 0 Å². The number of aromatic nitrogens is 5. The first-order valence-electron chi connectivity index (χ1n) is 10.1. The summed E-state index contributed by atoms with van der Waals surface area (Å²) in [6, 6.07) is 16.1. The molecule has 5 rings (SSSR count). The van der Waals surface area contributed by atoms with Crippen LogP contribution in [0.4, 0.5) is 5.69 Å². The minimum atomic E-state index is -0.118. The molecule has 0 saturated heterocycles. The Morgan fingerprint density at radius 1 is 1.09 bits per heavy atom. The number of aromatic amines is 1. The molecule has 0 radical (unpaired) electrons. The van der Waals surface area contributed by atoms with Crippen molar-refractivity contribution in [2.75, 3.05) is 5.32 Å². The summed E-state index contributed by atoms with van der Waals surface area (Å²) in [5, 5.41) is 4.85. The second-order valence-corrected chi connectivity index (χ2v) is 8.40. The molecule has 32 heavy (non-hydrogen) atoms. The number of carbonyl (C=O) groups excluding carboxylic acids is 1. The van der Waals surface area contributed by atoms with Gasteiger partial charge < -0.3 is 10.3 Å². The van der Waals surface area contributed by atoms with E-state index in [1.54, 1.807) is 18.1 Å². The quantitative estimate of drug-likeness (QED) is 0.291. The molecule has 0 unspecified atom stereocenters. The third-order valence-electron chi connectivity index (χ3n) is 5.17. The highest BCUT2D eigenvalue weighted by atomic mass is 32.2. The minimum Gasteiger partial charge on any atom is -0.341 e. The number of carbonyl (C=O) groups is 1. The molecule has 3 heterocycles. The summed E-state index contributed by atoms with van der Waals surface area (Å²) in [4.78, 5) is 32.8. The zero-order valence-corrected chi connectivity index (χ0v) is 18.4. The second kappa shape index (κ2) is 8.39. The highest BCUT2D eigenvalue weighted by Crippen LogP contribution is 2.35. The van der Waals surface area contributed by atoms with Crippen molar-refractivity contribution in [3.63, 3.8) is 0 Å². The van der Waals surface area contributed by atoms with Crippen molar-refractivity contribution in [2.24, 2.45) is 0 Å². The molecule has 2 aromatic carbocycles. The summed E-state index contributed by atoms with van der Waals surface area (Å²) in [5.74, 6) is 0.527. The van der Waals surface area contributed by atoms with Gasteiger partial charge in [-0.05, 0) is 30.2 Å². The molecule has 7 nitrogen and oxygen atoms in total. The molecule has 0 bridgehead atoms. The number of thioether (sulfide) groups is 1. The van der Waals surface area contributed by atoms with E-state index in [2.05, 4.69) is 50.4 Å². The lowest BCUT2D eigenvalue weighted by atomic mass is 10.0. The van der Waals surface area contributed by atoms with Gasteiger partial charge in [-0.3, -0.25) is 4.79 Å². The molecule has 0 spiro atoms. The summed E-state index contributed by atoms with van der Waals surface area (Å²) in [5.41, 5.74) is 7.05. The maximum Gasteiger partial charge on any atom is 0.221 e. The molecule has 0 aliphatic rings. The van der Waals surface area contributed by atoms with Gasteiger partial charge in [-0.15, -0.1) is 0 Å². The van der Waals surface area contributed by atoms with E-state index in [0.717, 1.165) is 49.5 Å². The Kier molecular flexibility index (Phi) is 5.28. The van der Waals surface area contributed by atoms with Crippen molar-refractivity contribution in [3.05, 3.63) is 72.3 Å². The average Bonchev–Trinajstić information content (AvgIpc) is 3.27. The second-order valence-electron chi connectivity index (χ2n) is 7.44. The van der Waals surface area contributed by atoms with Crippen molar-refractivity contribution in [1.29, 1.82) is 0 Å². The Labute approximate surface area is 188 Å². The van der Waals surface area contributed by atoms with Gasteiger partial charge in [-0.2, -0.15) is 0 Å². The number of rotatable bonds is 5. The highest BCUT2D eigenvalue weighted by Gasteiger charge is 2.16. The number of benzene rings is 2. The molecule has 8 heteroatoms. The average molecular weight is 441 g/mol. The van der Waals surface area contributed by atoms with Gasteiger partial charge in [-0.25, -0.2) is 19.9 Å². The Hall–Kier alpha value is -3.78. The number of H-pyrrole nitrogens is 1. The van der Waals surface area contributed by atoms with Crippen molar-refractivity contribution in [1.82, 2.24) is 24.9 Å². The molecule has 1 amide bonds. The van der Waals surface area contributed by atoms with E-state index >= 15 is 0 Å². The van der Waals surface area contributed by atoms with Crippen LogP contribution in [0.25, 0.3) is 33.3 Å². The molecular formula is C24H20N6OS. The number of aryl methyl sites for hydroxylation is 1. The van der Waals surface area contributed by atoms with Crippen LogP contribution in [0.15, 0.2) is 66.2 Å². The Balaban J connectivity index is 1.63. The van der Waals surface area contributed by atoms with Gasteiger partial charge in [0.25, 0.3) is 0 Å². The smallest absolute Gasteiger partial charge is 0.221 e. The standard InChI is InChI=1S/C24H20N6OS/c1-14-6-5-7-16-10-17(11-32-24-22-23(26-12-25-22)27-13-28-24)21(30-20(14)16)18-8-3-4-9-19(18)29-15(2)31/h3-10,12-13H,11H2,1-2H3,(H,29,31)(H,25,26,27,28). The van der Waals surface area contributed by atoms with Gasteiger partial charge in [0.2, 0.25) is 5.91 Å². The van der Waals surface area contributed by atoms with E-state index < -0.39 is 0 Å². The van der Waals surface area contributed by atoms with Crippen molar-refractivity contribution >= 4 is 45.4 Å². The van der Waals surface area contributed by atoms with Crippen molar-refractivity contribution in [2.45, 2.75) is 24.6 Å². The third kappa shape index (κ3) is 3.80. The zero-order valence-electron chi connectivity index (χ0n) is 17.6. The lowest BCUT2D eigenvalue weighted by Gasteiger charge is -2.15. The summed E-state index contributed by atoms with van der Waals surface area (Å²) in [6.07, 6.45) is 3.15. The Morgan fingerprint density at radius 3 is 2.84 bits per heavy atom. The lowest BCUT2D eigenvalue weighted by molar-refractivity contribution is -0.114. The number of hydrogen-bond donors (Lipinski definition) is 2. The van der Waals surface area contributed by atoms with Gasteiger partial charge in [0.05, 0.1) is 23.2 Å². The summed E-state index contributed by atoms with van der Waals surface area (Å²) < 4.78 is 0. The fourth-order valence-electron chi connectivity index (χ4n) is 3.72. The van der Waals surface area contributed by atoms with E-state index in [4.69, 9.17) is 4.98 Å². The Morgan fingerprint density at radius 2 is 1.97 bits per heavy atom. The number of nitrogens with one attached hydrogen (secondary N) is 2. The van der Waals surface area contributed by atoms with Crippen LogP contribution in [0.3, 0.4) is 0 Å². The molecule has 0 atom stereocenters. The number of amides is 1. The number of pyridine rings is 1. The van der Waals surface area contributed by atoms with Crippen LogP contribution in [-0.2, 0) is 10.5 Å². The monoisotopic (exact) mass is 440 g/mol. The van der Waals surface area contributed by atoms with Crippen LogP contribution in [0.5, 0.6) is 0 Å². The summed E-state index contributed by atoms with van der Waals surface area (Å²) in [6.45, 7) is 3.57. The zero-order chi connectivity index (χ0) is 22.1. The fourth-order valence-corrected chi connectivity index (χ4v) is 4.65. The fraction of sp³-hybridized carbons (Fsp3) is 0.125. The third-order valence-corrected chi connectivity index (χ3v) is 6.21. The molecule has 2 N–H and O–H groups in total. The van der Waals surface area contributed by atoms with E-state index in [1.807, 2.05) is 30.3 Å². The molecular weight excluding hydrogens is 420 g/mol. The normalized spacial score (nSPS) is 11.2. The number of hydrogen-bond acceptors (Lipinski definition) is 6. The molecule has 0 saturated carbocycles. The first-order chi connectivity index (χ1) is 15.6. The topological polar surface area (TPSA) is 96.5 Å². The molecule has 0 fully saturated rings. The predicted octanol–water partition coefficient (Wildman–Crippen LogP) is 5.13. The van der Waals surface area contributed by atoms with Crippen LogP contribution < -0.4 is 5.32 Å². The van der Waals surface area contributed by atoms with E-state index in [1.165, 1.54) is 13.3 Å². The molecule has 5 aromatic rings. The maximum absolute atomic E-state index is 11.8. The van der Waals surface area contributed by atoms with Gasteiger partial charge in [0.1, 0.15) is 16.9 Å². The highest BCUT2D eigenvalue weighted by molar-refractivity contribution is 7.98. The van der Waals surface area contributed by atoms with Crippen LogP contribution in [0.1, 0.15) is 18.1 Å². The number of fused-ring (bicyclic) bond motifs is 2. The minimum absolute atomic E-state index is 0.118. The Bertz CT molecular complexity index is 1460. The van der Waals surface area contributed by atoms with Crippen LogP contribution in [-0.4, -0.2) is 30.8 Å². The number of nitrogens with zero attached hydrogens (tertiary/aromatic N) is 4. The van der Waals surface area contributed by atoms with Gasteiger partial charge in [0.15, 0.2) is 5.65 Å². The molecule has 0 aliphatic carbocycles. The first kappa shape index (κ1) is 20.1. The number of imidazole rings is 1. The molecule has 3 aromatic heterocycles. The maximum atomic E-state index is 11.8.